The lowest BCUT2D eigenvalue weighted by Gasteiger charge is -2.30. The molecule has 4 amide bonds. The summed E-state index contributed by atoms with van der Waals surface area (Å²) in [5, 5.41) is 10.6. The van der Waals surface area contributed by atoms with E-state index in [9.17, 15) is 14.4 Å². The number of nitrogens with zero attached hydrogens (tertiary/aromatic N) is 4. The van der Waals surface area contributed by atoms with E-state index in [2.05, 4.69) is 51.8 Å². The number of thiazole rings is 1. The quantitative estimate of drug-likeness (QED) is 0.148. The van der Waals surface area contributed by atoms with Crippen molar-refractivity contribution in [2.45, 2.75) is 76.7 Å². The summed E-state index contributed by atoms with van der Waals surface area (Å²) in [4.78, 5) is 54.5. The molecule has 3 heterocycles. The van der Waals surface area contributed by atoms with Crippen LogP contribution in [0, 0.1) is 5.92 Å². The highest BCUT2D eigenvalue weighted by atomic mass is 32.2. The number of carbonyl (C=O) groups is 3. The van der Waals surface area contributed by atoms with Crippen LogP contribution in [0.15, 0.2) is 77.4 Å². The highest BCUT2D eigenvalue weighted by Gasteiger charge is 2.29. The average Bonchev–Trinajstić information content (AvgIpc) is 3.89. The number of nitrogens with one attached hydrogen (secondary N) is 3. The van der Waals surface area contributed by atoms with Crippen molar-refractivity contribution in [3.63, 3.8) is 0 Å². The molecule has 0 saturated carbocycles. The third kappa shape index (κ3) is 14.0. The summed E-state index contributed by atoms with van der Waals surface area (Å²) >= 11 is 3.19. The van der Waals surface area contributed by atoms with E-state index in [-0.39, 0.29) is 36.7 Å². The maximum absolute atomic E-state index is 14.2. The summed E-state index contributed by atoms with van der Waals surface area (Å²) in [6.07, 6.45) is 4.04. The topological polar surface area (TPSA) is 137 Å². The van der Waals surface area contributed by atoms with Gasteiger partial charge in [-0.2, -0.15) is 0 Å². The summed E-state index contributed by atoms with van der Waals surface area (Å²) in [5.41, 5.74) is 3.88. The largest absolute Gasteiger partial charge is 0.444 e. The van der Waals surface area contributed by atoms with Gasteiger partial charge in [0.15, 0.2) is 0 Å². The van der Waals surface area contributed by atoms with E-state index in [0.29, 0.717) is 64.3 Å². The van der Waals surface area contributed by atoms with Crippen LogP contribution in [0.2, 0.25) is 0 Å². The second-order valence-electron chi connectivity index (χ2n) is 14.3. The Bertz CT molecular complexity index is 1610. The van der Waals surface area contributed by atoms with Crippen molar-refractivity contribution in [1.29, 1.82) is 0 Å². The predicted molar refractivity (Wildman–Crippen MR) is 216 cm³/mol. The van der Waals surface area contributed by atoms with E-state index in [1.807, 2.05) is 48.5 Å². The molecule has 14 heteroatoms. The molecule has 1 saturated heterocycles. The Morgan fingerprint density at radius 2 is 1.57 bits per heavy atom. The third-order valence-corrected chi connectivity index (χ3v) is 11.7. The summed E-state index contributed by atoms with van der Waals surface area (Å²) in [7, 11) is 1.76. The van der Waals surface area contributed by atoms with Crippen molar-refractivity contribution < 1.29 is 23.9 Å². The number of ether oxygens (including phenoxy) is 2. The summed E-state index contributed by atoms with van der Waals surface area (Å²) in [6, 6.07) is 18.6. The van der Waals surface area contributed by atoms with E-state index < -0.39 is 12.1 Å². The Morgan fingerprint density at radius 3 is 2.17 bits per heavy atom. The van der Waals surface area contributed by atoms with Crippen LogP contribution in [-0.2, 0) is 33.7 Å². The van der Waals surface area contributed by atoms with Crippen LogP contribution in [0.25, 0.3) is 0 Å². The van der Waals surface area contributed by atoms with Gasteiger partial charge in [-0.1, -0.05) is 74.5 Å². The van der Waals surface area contributed by atoms with Gasteiger partial charge in [-0.25, -0.2) is 9.59 Å². The molecule has 1 aromatic heterocycles. The molecule has 1 unspecified atom stereocenters. The number of urea groups is 1. The monoisotopic (exact) mass is 777 g/mol. The normalized spacial score (nSPS) is 17.6. The molecule has 12 nitrogen and oxygen atoms in total. The highest BCUT2D eigenvalue weighted by molar-refractivity contribution is 8.14. The predicted octanol–water partition coefficient (Wildman–Crippen LogP) is 5.39. The molecule has 0 aliphatic carbocycles. The maximum atomic E-state index is 14.2. The minimum absolute atomic E-state index is 0.0291. The van der Waals surface area contributed by atoms with E-state index >= 15 is 0 Å². The molecule has 3 aromatic rings. The van der Waals surface area contributed by atoms with E-state index in [1.165, 1.54) is 11.3 Å². The molecule has 2 aliphatic heterocycles. The second-order valence-corrected chi connectivity index (χ2v) is 16.3. The van der Waals surface area contributed by atoms with E-state index in [1.54, 1.807) is 35.4 Å². The van der Waals surface area contributed by atoms with E-state index in [0.717, 1.165) is 39.9 Å². The zero-order valence-electron chi connectivity index (χ0n) is 31.7. The number of alkyl carbamates (subject to hydrolysis) is 1. The number of aromatic nitrogens is 1. The van der Waals surface area contributed by atoms with Gasteiger partial charge in [0, 0.05) is 63.2 Å². The summed E-state index contributed by atoms with van der Waals surface area (Å²) in [5.74, 6) is 0.986. The molecular formula is C40H55N7O5S2. The van der Waals surface area contributed by atoms with Gasteiger partial charge in [0.1, 0.15) is 12.6 Å². The fraction of sp³-hybridized carbons (Fsp3) is 0.525. The molecule has 54 heavy (non-hydrogen) atoms. The zero-order chi connectivity index (χ0) is 38.1. The molecule has 5 rings (SSSR count). The van der Waals surface area contributed by atoms with Crippen LogP contribution in [0.5, 0.6) is 0 Å². The molecule has 0 spiro atoms. The van der Waals surface area contributed by atoms with Gasteiger partial charge < -0.3 is 30.3 Å². The van der Waals surface area contributed by atoms with Crippen molar-refractivity contribution in [1.82, 2.24) is 30.7 Å². The zero-order valence-corrected chi connectivity index (χ0v) is 33.3. The Balaban J connectivity index is 1.27. The molecule has 292 valence electrons. The number of carbonyl (C=O) groups excluding carboxylic acids is 3. The number of rotatable bonds is 19. The van der Waals surface area contributed by atoms with Gasteiger partial charge in [0.2, 0.25) is 5.91 Å². The lowest BCUT2D eigenvalue weighted by atomic mass is 9.95. The Labute approximate surface area is 327 Å². The first-order chi connectivity index (χ1) is 26.2. The maximum Gasteiger partial charge on any atom is 0.407 e. The molecule has 0 bridgehead atoms. The fourth-order valence-electron chi connectivity index (χ4n) is 6.52. The van der Waals surface area contributed by atoms with Crippen molar-refractivity contribution in [2.24, 2.45) is 10.9 Å². The van der Waals surface area contributed by atoms with Gasteiger partial charge in [0.25, 0.3) is 0 Å². The summed E-state index contributed by atoms with van der Waals surface area (Å²) < 4.78 is 11.1. The highest BCUT2D eigenvalue weighted by Crippen LogP contribution is 2.23. The minimum atomic E-state index is -0.742. The van der Waals surface area contributed by atoms with Crippen LogP contribution < -0.4 is 16.0 Å². The lowest BCUT2D eigenvalue weighted by Crippen LogP contribution is -2.54. The van der Waals surface area contributed by atoms with Crippen LogP contribution in [0.1, 0.15) is 49.1 Å². The molecule has 0 radical (unpaired) electrons. The number of hydrogen-bond donors (Lipinski definition) is 3. The molecule has 2 aromatic carbocycles. The molecular weight excluding hydrogens is 723 g/mol. The average molecular weight is 778 g/mol. The number of amides is 4. The van der Waals surface area contributed by atoms with Gasteiger partial charge >= 0.3 is 12.1 Å². The molecule has 1 fully saturated rings. The fourth-order valence-corrected chi connectivity index (χ4v) is 8.12. The van der Waals surface area contributed by atoms with Crippen molar-refractivity contribution in [3.05, 3.63) is 88.4 Å². The van der Waals surface area contributed by atoms with E-state index in [4.69, 9.17) is 14.5 Å². The first kappa shape index (κ1) is 41.2. The van der Waals surface area contributed by atoms with Crippen LogP contribution >= 0.6 is 23.1 Å². The molecule has 3 N–H and O–H groups in total. The number of thioether (sulfide) groups is 1. The molecule has 4 atom stereocenters. The standard InChI is InChI=1S/C40H55N7O5S2/c1-29(2)38-43-34(27-53-38)25-46(3)39(49)45-36(16-17-47-18-20-51-21-19-47)37(48)42-32(22-30-10-6-4-7-11-30)14-15-33(23-31-12-8-5-9-13-31)44-40(50)52-26-35-24-41-28-54-35/h4-13,24,28-29,32-34,36H,14-23,25-27H2,1-3H3,(H,42,48)(H,44,50)(H,45,49)/t32-,33-,34?,36+/m1/s1. The minimum Gasteiger partial charge on any atom is -0.444 e. The second kappa shape index (κ2) is 21.8. The third-order valence-electron chi connectivity index (χ3n) is 9.52. The van der Waals surface area contributed by atoms with Gasteiger partial charge in [-0.05, 0) is 43.2 Å². The number of morpholine rings is 1. The van der Waals surface area contributed by atoms with Gasteiger partial charge in [-0.3, -0.25) is 19.7 Å². The SMILES string of the molecule is CC(C)C1=NC(CN(C)C(=O)N[C@@H](CCN2CCOCC2)C(=O)N[C@H](CC[C@H](Cc2ccccc2)NC(=O)OCc2cncs2)Cc2ccccc2)CS1. The van der Waals surface area contributed by atoms with Gasteiger partial charge in [-0.15, -0.1) is 23.1 Å². The van der Waals surface area contributed by atoms with Crippen molar-refractivity contribution >= 4 is 46.2 Å². The number of hydrogen-bond acceptors (Lipinski definition) is 10. The smallest absolute Gasteiger partial charge is 0.407 e. The van der Waals surface area contributed by atoms with Crippen molar-refractivity contribution in [2.75, 3.05) is 52.2 Å². The number of likely N-dealkylation sites (N-methyl/N-ethyl adjacent to an activating group) is 1. The summed E-state index contributed by atoms with van der Waals surface area (Å²) in [6.45, 7) is 8.43. The number of benzene rings is 2. The van der Waals surface area contributed by atoms with Crippen molar-refractivity contribution in [3.8, 4) is 0 Å². The lowest BCUT2D eigenvalue weighted by molar-refractivity contribution is -0.124. The first-order valence-electron chi connectivity index (χ1n) is 18.9. The number of aliphatic imine (C=N–C) groups is 1. The van der Waals surface area contributed by atoms with Crippen LogP contribution in [0.4, 0.5) is 9.59 Å². The van der Waals surface area contributed by atoms with Crippen LogP contribution in [-0.4, -0.2) is 114 Å². The Morgan fingerprint density at radius 1 is 0.926 bits per heavy atom. The molecule has 2 aliphatic rings. The first-order valence-corrected chi connectivity index (χ1v) is 20.8. The Kier molecular flexibility index (Phi) is 16.6. The van der Waals surface area contributed by atoms with Crippen LogP contribution in [0.3, 0.4) is 0 Å². The Hall–Kier alpha value is -3.98. The van der Waals surface area contributed by atoms with Gasteiger partial charge in [0.05, 0.1) is 34.7 Å².